The first-order chi connectivity index (χ1) is 7.47. The van der Waals surface area contributed by atoms with E-state index in [1.807, 2.05) is 0 Å². The Morgan fingerprint density at radius 3 is 2.69 bits per heavy atom. The van der Waals surface area contributed by atoms with E-state index >= 15 is 0 Å². The summed E-state index contributed by atoms with van der Waals surface area (Å²) in [6.07, 6.45) is -0.228. The molecule has 0 saturated carbocycles. The number of halogens is 1. The van der Waals surface area contributed by atoms with Crippen molar-refractivity contribution in [3.63, 3.8) is 0 Å². The third kappa shape index (κ3) is 2.49. The Morgan fingerprint density at radius 1 is 1.56 bits per heavy atom. The summed E-state index contributed by atoms with van der Waals surface area (Å²) in [7, 11) is 0. The van der Waals surface area contributed by atoms with Crippen molar-refractivity contribution >= 4 is 5.97 Å². The van der Waals surface area contributed by atoms with Gasteiger partial charge in [-0.2, -0.15) is 0 Å². The molecule has 88 valence electrons. The van der Waals surface area contributed by atoms with Crippen LogP contribution in [0.3, 0.4) is 0 Å². The molecular weight excluding hydrogens is 213 g/mol. The lowest BCUT2D eigenvalue weighted by atomic mass is 9.91. The molecule has 1 aromatic carbocycles. The highest BCUT2D eigenvalue weighted by atomic mass is 19.1. The smallest absolute Gasteiger partial charge is 0.304 e. The van der Waals surface area contributed by atoms with Crippen LogP contribution in [0, 0.1) is 12.7 Å². The summed E-state index contributed by atoms with van der Waals surface area (Å²) in [5.74, 6) is -2.87. The lowest BCUT2D eigenvalue weighted by molar-refractivity contribution is -0.137. The SMILES string of the molecule is Cc1ccc(F)c(O)c1C(CN)CC(=O)O. The number of rotatable bonds is 4. The van der Waals surface area contributed by atoms with E-state index in [1.165, 1.54) is 6.07 Å². The Balaban J connectivity index is 3.18. The van der Waals surface area contributed by atoms with Crippen molar-refractivity contribution in [2.45, 2.75) is 19.3 Å². The molecule has 0 aromatic heterocycles. The minimum absolute atomic E-state index is 0.0458. The fourth-order valence-electron chi connectivity index (χ4n) is 1.71. The third-order valence-corrected chi connectivity index (χ3v) is 2.50. The van der Waals surface area contributed by atoms with Crippen molar-refractivity contribution in [3.8, 4) is 5.75 Å². The topological polar surface area (TPSA) is 83.5 Å². The van der Waals surface area contributed by atoms with E-state index in [0.29, 0.717) is 5.56 Å². The standard InChI is InChI=1S/C11H14FNO3/c1-6-2-3-8(12)11(16)10(6)7(5-13)4-9(14)15/h2-3,7,16H,4-5,13H2,1H3,(H,14,15). The van der Waals surface area contributed by atoms with Crippen LogP contribution in [0.1, 0.15) is 23.5 Å². The molecule has 0 saturated heterocycles. The Kier molecular flexibility index (Phi) is 3.84. The second-order valence-electron chi connectivity index (χ2n) is 3.66. The van der Waals surface area contributed by atoms with Crippen LogP contribution >= 0.6 is 0 Å². The van der Waals surface area contributed by atoms with Crippen LogP contribution in [-0.2, 0) is 4.79 Å². The van der Waals surface area contributed by atoms with Gasteiger partial charge < -0.3 is 15.9 Å². The number of carboxylic acids is 1. The molecule has 16 heavy (non-hydrogen) atoms. The molecule has 4 N–H and O–H groups in total. The van der Waals surface area contributed by atoms with Crippen molar-refractivity contribution < 1.29 is 19.4 Å². The van der Waals surface area contributed by atoms with Gasteiger partial charge in [-0.25, -0.2) is 4.39 Å². The molecule has 1 atom stereocenters. The monoisotopic (exact) mass is 227 g/mol. The van der Waals surface area contributed by atoms with Crippen LogP contribution in [0.5, 0.6) is 5.75 Å². The molecule has 0 heterocycles. The first kappa shape index (κ1) is 12.4. The lowest BCUT2D eigenvalue weighted by Gasteiger charge is -2.17. The summed E-state index contributed by atoms with van der Waals surface area (Å²) in [6.45, 7) is 1.73. The van der Waals surface area contributed by atoms with E-state index in [9.17, 15) is 14.3 Å². The maximum Gasteiger partial charge on any atom is 0.304 e. The van der Waals surface area contributed by atoms with Gasteiger partial charge in [0.2, 0.25) is 0 Å². The summed E-state index contributed by atoms with van der Waals surface area (Å²) in [5, 5.41) is 18.3. The summed E-state index contributed by atoms with van der Waals surface area (Å²) in [5.41, 5.74) is 6.36. The molecule has 0 aliphatic rings. The number of nitrogens with two attached hydrogens (primary N) is 1. The van der Waals surface area contributed by atoms with Crippen molar-refractivity contribution in [1.82, 2.24) is 0 Å². The Morgan fingerprint density at radius 2 is 2.19 bits per heavy atom. The zero-order valence-electron chi connectivity index (χ0n) is 8.90. The third-order valence-electron chi connectivity index (χ3n) is 2.50. The number of phenolic OH excluding ortho intramolecular Hbond substituents is 1. The largest absolute Gasteiger partial charge is 0.505 e. The van der Waals surface area contributed by atoms with Gasteiger partial charge in [-0.1, -0.05) is 6.07 Å². The second-order valence-corrected chi connectivity index (χ2v) is 3.66. The first-order valence-corrected chi connectivity index (χ1v) is 4.87. The van der Waals surface area contributed by atoms with Crippen molar-refractivity contribution in [1.29, 1.82) is 0 Å². The molecule has 0 bridgehead atoms. The fraction of sp³-hybridized carbons (Fsp3) is 0.364. The van der Waals surface area contributed by atoms with Crippen LogP contribution in [0.4, 0.5) is 4.39 Å². The molecule has 4 nitrogen and oxygen atoms in total. The fourth-order valence-corrected chi connectivity index (χ4v) is 1.71. The average molecular weight is 227 g/mol. The number of carbonyl (C=O) groups is 1. The maximum atomic E-state index is 13.2. The van der Waals surface area contributed by atoms with E-state index in [2.05, 4.69) is 0 Å². The van der Waals surface area contributed by atoms with Gasteiger partial charge in [0.25, 0.3) is 0 Å². The number of aliphatic carboxylic acids is 1. The molecule has 0 spiro atoms. The van der Waals surface area contributed by atoms with Gasteiger partial charge in [-0.05, 0) is 25.1 Å². The molecular formula is C11H14FNO3. The predicted octanol–water partition coefficient (Wildman–Crippen LogP) is 1.36. The van der Waals surface area contributed by atoms with E-state index in [4.69, 9.17) is 10.8 Å². The van der Waals surface area contributed by atoms with Crippen molar-refractivity contribution in [2.24, 2.45) is 5.73 Å². The molecule has 1 unspecified atom stereocenters. The van der Waals surface area contributed by atoms with Gasteiger partial charge in [-0.3, -0.25) is 4.79 Å². The Bertz CT molecular complexity index is 406. The first-order valence-electron chi connectivity index (χ1n) is 4.87. The van der Waals surface area contributed by atoms with Crippen LogP contribution in [-0.4, -0.2) is 22.7 Å². The van der Waals surface area contributed by atoms with Gasteiger partial charge in [0.1, 0.15) is 0 Å². The van der Waals surface area contributed by atoms with E-state index in [0.717, 1.165) is 6.07 Å². The molecule has 0 aliphatic heterocycles. The number of phenols is 1. The molecule has 1 aromatic rings. The van der Waals surface area contributed by atoms with Gasteiger partial charge in [0.05, 0.1) is 6.42 Å². The quantitative estimate of drug-likeness (QED) is 0.725. The summed E-state index contributed by atoms with van der Waals surface area (Å²) in [6, 6.07) is 2.64. The number of hydrogen-bond donors (Lipinski definition) is 3. The normalized spacial score (nSPS) is 12.4. The van der Waals surface area contributed by atoms with Gasteiger partial charge in [-0.15, -0.1) is 0 Å². The minimum atomic E-state index is -1.03. The van der Waals surface area contributed by atoms with Crippen LogP contribution in [0.15, 0.2) is 12.1 Å². The van der Waals surface area contributed by atoms with Gasteiger partial charge in [0, 0.05) is 11.5 Å². The summed E-state index contributed by atoms with van der Waals surface area (Å²) < 4.78 is 13.2. The average Bonchev–Trinajstić information content (AvgIpc) is 2.22. The number of aryl methyl sites for hydroxylation is 1. The van der Waals surface area contributed by atoms with Crippen molar-refractivity contribution in [2.75, 3.05) is 6.54 Å². The second kappa shape index (κ2) is 4.94. The molecule has 5 heteroatoms. The zero-order chi connectivity index (χ0) is 12.3. The molecule has 1 rings (SSSR count). The zero-order valence-corrected chi connectivity index (χ0v) is 8.90. The van der Waals surface area contributed by atoms with Gasteiger partial charge >= 0.3 is 5.97 Å². The summed E-state index contributed by atoms with van der Waals surface area (Å²) in [4.78, 5) is 10.6. The lowest BCUT2D eigenvalue weighted by Crippen LogP contribution is -2.17. The maximum absolute atomic E-state index is 13.2. The Hall–Kier alpha value is -1.62. The molecule has 0 aliphatic carbocycles. The van der Waals surface area contributed by atoms with E-state index < -0.39 is 23.5 Å². The highest BCUT2D eigenvalue weighted by molar-refractivity contribution is 5.68. The Labute approximate surface area is 92.5 Å². The minimum Gasteiger partial charge on any atom is -0.505 e. The van der Waals surface area contributed by atoms with Gasteiger partial charge in [0.15, 0.2) is 11.6 Å². The number of benzene rings is 1. The number of carboxylic acid groups (broad SMARTS) is 1. The van der Waals surface area contributed by atoms with Crippen molar-refractivity contribution in [3.05, 3.63) is 29.1 Å². The van der Waals surface area contributed by atoms with Crippen LogP contribution in [0.2, 0.25) is 0 Å². The molecule has 0 amide bonds. The summed E-state index contributed by atoms with van der Waals surface area (Å²) >= 11 is 0. The number of aromatic hydroxyl groups is 1. The highest BCUT2D eigenvalue weighted by Gasteiger charge is 2.21. The van der Waals surface area contributed by atoms with E-state index in [1.54, 1.807) is 6.92 Å². The molecule has 0 radical (unpaired) electrons. The predicted molar refractivity (Wildman–Crippen MR) is 56.9 cm³/mol. The van der Waals surface area contributed by atoms with E-state index in [-0.39, 0.29) is 18.5 Å². The van der Waals surface area contributed by atoms with Crippen LogP contribution < -0.4 is 5.73 Å². The highest BCUT2D eigenvalue weighted by Crippen LogP contribution is 2.32. The number of hydrogen-bond acceptors (Lipinski definition) is 3. The van der Waals surface area contributed by atoms with Crippen LogP contribution in [0.25, 0.3) is 0 Å². The molecule has 0 fully saturated rings.